The van der Waals surface area contributed by atoms with Gasteiger partial charge in [-0.05, 0) is 42.7 Å². The van der Waals surface area contributed by atoms with Gasteiger partial charge in [0.15, 0.2) is 5.78 Å². The van der Waals surface area contributed by atoms with Gasteiger partial charge in [0.1, 0.15) is 12.5 Å². The molecule has 1 aromatic carbocycles. The van der Waals surface area contributed by atoms with E-state index < -0.39 is 23.8 Å². The number of nitrogens with one attached hydrogen (secondary N) is 1. The van der Waals surface area contributed by atoms with Gasteiger partial charge in [-0.2, -0.15) is 11.8 Å². The van der Waals surface area contributed by atoms with Crippen molar-refractivity contribution >= 4 is 41.1 Å². The van der Waals surface area contributed by atoms with Gasteiger partial charge in [-0.3, -0.25) is 9.59 Å². The minimum atomic E-state index is -0.918. The van der Waals surface area contributed by atoms with E-state index in [1.165, 1.54) is 7.11 Å². The number of rotatable bonds is 7. The van der Waals surface area contributed by atoms with Crippen LogP contribution in [0.1, 0.15) is 38.7 Å². The lowest BCUT2D eigenvalue weighted by molar-refractivity contribution is -0.151. The van der Waals surface area contributed by atoms with E-state index in [4.69, 9.17) is 21.1 Å². The topological polar surface area (TPSA) is 81.7 Å². The summed E-state index contributed by atoms with van der Waals surface area (Å²) in [5, 5.41) is 3.75. The van der Waals surface area contributed by atoms with Gasteiger partial charge in [-0.25, -0.2) is 4.79 Å². The number of thioether (sulfide) groups is 1. The second-order valence-corrected chi connectivity index (χ2v) is 9.75. The van der Waals surface area contributed by atoms with E-state index in [1.54, 1.807) is 36.9 Å². The maximum atomic E-state index is 13.6. The van der Waals surface area contributed by atoms with Crippen molar-refractivity contribution < 1.29 is 23.9 Å². The van der Waals surface area contributed by atoms with Gasteiger partial charge in [-0.1, -0.05) is 37.6 Å². The lowest BCUT2D eigenvalue weighted by atomic mass is 9.69. The van der Waals surface area contributed by atoms with Crippen molar-refractivity contribution in [2.45, 2.75) is 33.1 Å². The Bertz CT molecular complexity index is 986. The summed E-state index contributed by atoms with van der Waals surface area (Å²) in [4.78, 5) is 39.2. The molecule has 3 rings (SSSR count). The maximum absolute atomic E-state index is 13.6. The van der Waals surface area contributed by atoms with Gasteiger partial charge in [0, 0.05) is 33.7 Å². The molecule has 6 nitrogen and oxygen atoms in total. The number of allylic oxidation sites excluding steroid dienone is 3. The molecule has 0 aromatic heterocycles. The summed E-state index contributed by atoms with van der Waals surface area (Å²) in [5.41, 5.74) is 2.83. The standard InChI is InChI=1S/C24H28ClNO5S/c1-5-32-10-9-31-24(29)19-14(3)26-17-11-13(2)18(23(28)30-4)22(27)21(17)20(19)15-7-6-8-16(25)12-15/h6-8,12-13,18,20,26H,5,9-11H2,1-4H3/t13-,18+,20-/m1/s1. The first-order valence-electron chi connectivity index (χ1n) is 10.6. The number of ether oxygens (including phenoxy) is 2. The zero-order valence-corrected chi connectivity index (χ0v) is 20.3. The monoisotopic (exact) mass is 477 g/mol. The Kier molecular flexibility index (Phi) is 8.06. The number of hydrogen-bond acceptors (Lipinski definition) is 7. The molecule has 3 atom stereocenters. The fourth-order valence-electron chi connectivity index (χ4n) is 4.39. The second-order valence-electron chi connectivity index (χ2n) is 7.92. The van der Waals surface area contributed by atoms with E-state index in [-0.39, 0.29) is 18.3 Å². The molecule has 0 bridgehead atoms. The number of carbonyl (C=O) groups is 3. The number of dihydropyridines is 1. The summed E-state index contributed by atoms with van der Waals surface area (Å²) >= 11 is 7.94. The smallest absolute Gasteiger partial charge is 0.336 e. The van der Waals surface area contributed by atoms with Crippen molar-refractivity contribution in [1.82, 2.24) is 5.32 Å². The molecule has 0 saturated carbocycles. The van der Waals surface area contributed by atoms with Crippen molar-refractivity contribution in [2.75, 3.05) is 25.2 Å². The van der Waals surface area contributed by atoms with Crippen LogP contribution in [-0.2, 0) is 23.9 Å². The molecule has 0 fully saturated rings. The number of esters is 2. The van der Waals surface area contributed by atoms with Crippen molar-refractivity contribution in [3.8, 4) is 0 Å². The maximum Gasteiger partial charge on any atom is 0.336 e. The minimum Gasteiger partial charge on any atom is -0.468 e. The summed E-state index contributed by atoms with van der Waals surface area (Å²) < 4.78 is 10.5. The van der Waals surface area contributed by atoms with Crippen molar-refractivity contribution in [3.63, 3.8) is 0 Å². The molecular formula is C24H28ClNO5S. The molecule has 32 heavy (non-hydrogen) atoms. The molecule has 0 saturated heterocycles. The minimum absolute atomic E-state index is 0.228. The average molecular weight is 478 g/mol. The molecule has 2 aliphatic rings. The zero-order chi connectivity index (χ0) is 23.4. The summed E-state index contributed by atoms with van der Waals surface area (Å²) in [6, 6.07) is 7.09. The van der Waals surface area contributed by atoms with E-state index in [1.807, 2.05) is 19.9 Å². The van der Waals surface area contributed by atoms with Crippen molar-refractivity contribution in [1.29, 1.82) is 0 Å². The first kappa shape index (κ1) is 24.4. The van der Waals surface area contributed by atoms with Crippen LogP contribution in [0.25, 0.3) is 0 Å². The highest BCUT2D eigenvalue weighted by Crippen LogP contribution is 2.45. The van der Waals surface area contributed by atoms with Crippen LogP contribution < -0.4 is 5.32 Å². The zero-order valence-electron chi connectivity index (χ0n) is 18.7. The van der Waals surface area contributed by atoms with Gasteiger partial charge < -0.3 is 14.8 Å². The first-order chi connectivity index (χ1) is 15.3. The van der Waals surface area contributed by atoms with Crippen LogP contribution in [0.5, 0.6) is 0 Å². The van der Waals surface area contributed by atoms with Crippen molar-refractivity contribution in [2.24, 2.45) is 11.8 Å². The normalized spacial score (nSPS) is 22.9. The Morgan fingerprint density at radius 1 is 1.31 bits per heavy atom. The molecule has 1 aliphatic heterocycles. The third kappa shape index (κ3) is 4.89. The molecule has 1 heterocycles. The van der Waals surface area contributed by atoms with Gasteiger partial charge in [0.05, 0.1) is 12.7 Å². The fraction of sp³-hybridized carbons (Fsp3) is 0.458. The van der Waals surface area contributed by atoms with Crippen LogP contribution >= 0.6 is 23.4 Å². The number of ketones is 1. The van der Waals surface area contributed by atoms with E-state index in [2.05, 4.69) is 5.32 Å². The molecule has 172 valence electrons. The first-order valence-corrected chi connectivity index (χ1v) is 12.2. The Balaban J connectivity index is 2.07. The van der Waals surface area contributed by atoms with E-state index in [0.717, 1.165) is 11.4 Å². The number of methoxy groups -OCH3 is 1. The highest BCUT2D eigenvalue weighted by atomic mass is 35.5. The van der Waals surface area contributed by atoms with Crippen LogP contribution in [-0.4, -0.2) is 42.9 Å². The van der Waals surface area contributed by atoms with Crippen LogP contribution in [0, 0.1) is 11.8 Å². The van der Waals surface area contributed by atoms with Gasteiger partial charge in [0.2, 0.25) is 0 Å². The van der Waals surface area contributed by atoms with Crippen LogP contribution in [0.3, 0.4) is 0 Å². The molecular weight excluding hydrogens is 450 g/mol. The predicted octanol–water partition coefficient (Wildman–Crippen LogP) is 4.25. The molecule has 1 aromatic rings. The fourth-order valence-corrected chi connectivity index (χ4v) is 5.07. The number of benzene rings is 1. The lowest BCUT2D eigenvalue weighted by Gasteiger charge is -2.38. The van der Waals surface area contributed by atoms with Gasteiger partial charge in [0.25, 0.3) is 0 Å². The highest BCUT2D eigenvalue weighted by Gasteiger charge is 2.47. The third-order valence-electron chi connectivity index (χ3n) is 5.81. The molecule has 1 N–H and O–H groups in total. The Labute approximate surface area is 197 Å². The van der Waals surface area contributed by atoms with Crippen molar-refractivity contribution in [3.05, 3.63) is 57.4 Å². The Morgan fingerprint density at radius 3 is 2.72 bits per heavy atom. The van der Waals surface area contributed by atoms with Crippen LogP contribution in [0.4, 0.5) is 0 Å². The molecule has 8 heteroatoms. The quantitative estimate of drug-likeness (QED) is 0.357. The predicted molar refractivity (Wildman–Crippen MR) is 125 cm³/mol. The second kappa shape index (κ2) is 10.6. The van der Waals surface area contributed by atoms with E-state index in [0.29, 0.717) is 39.6 Å². The van der Waals surface area contributed by atoms with E-state index in [9.17, 15) is 14.4 Å². The van der Waals surface area contributed by atoms with E-state index >= 15 is 0 Å². The number of carbonyl (C=O) groups excluding carboxylic acids is 3. The summed E-state index contributed by atoms with van der Waals surface area (Å²) in [6.45, 7) is 5.98. The number of halogens is 1. The summed E-state index contributed by atoms with van der Waals surface area (Å²) in [5.74, 6) is -1.57. The SMILES string of the molecule is CCSCCOC(=O)C1=C(C)NC2=C(C(=O)[C@@H](C(=O)OC)[C@H](C)C2)[C@@H]1c1cccc(Cl)c1. The highest BCUT2D eigenvalue weighted by molar-refractivity contribution is 7.99. The lowest BCUT2D eigenvalue weighted by Crippen LogP contribution is -2.43. The summed E-state index contributed by atoms with van der Waals surface area (Å²) in [7, 11) is 1.28. The van der Waals surface area contributed by atoms with Gasteiger partial charge >= 0.3 is 11.9 Å². The largest absolute Gasteiger partial charge is 0.468 e. The Morgan fingerprint density at radius 2 is 2.06 bits per heavy atom. The van der Waals surface area contributed by atoms with Gasteiger partial charge in [-0.15, -0.1) is 0 Å². The third-order valence-corrected chi connectivity index (χ3v) is 6.91. The molecule has 0 amide bonds. The molecule has 1 aliphatic carbocycles. The molecule has 0 radical (unpaired) electrons. The average Bonchev–Trinajstić information content (AvgIpc) is 2.75. The number of hydrogen-bond donors (Lipinski definition) is 1. The van der Waals surface area contributed by atoms with Crippen LogP contribution in [0.2, 0.25) is 5.02 Å². The Hall–Kier alpha value is -2.25. The summed E-state index contributed by atoms with van der Waals surface area (Å²) in [6.07, 6.45) is 0.491. The van der Waals surface area contributed by atoms with Crippen LogP contribution in [0.15, 0.2) is 46.8 Å². The molecule has 0 spiro atoms. The molecule has 0 unspecified atom stereocenters. The number of Topliss-reactive ketones (excluding diaryl/α,β-unsaturated/α-hetero) is 1.